The number of amides is 1. The minimum atomic E-state index is -0.326. The number of ether oxygens (including phenoxy) is 3. The molecule has 0 radical (unpaired) electrons. The van der Waals surface area contributed by atoms with Crippen LogP contribution in [0.1, 0.15) is 31.0 Å². The van der Waals surface area contributed by atoms with Crippen molar-refractivity contribution < 1.29 is 19.0 Å². The van der Waals surface area contributed by atoms with Gasteiger partial charge in [-0.15, -0.1) is 0 Å². The third-order valence-electron chi connectivity index (χ3n) is 4.45. The number of likely N-dealkylation sites (tertiary alicyclic amines) is 1. The summed E-state index contributed by atoms with van der Waals surface area (Å²) in [6.07, 6.45) is 1.87. The van der Waals surface area contributed by atoms with Crippen LogP contribution in [-0.2, 0) is 4.74 Å². The highest BCUT2D eigenvalue weighted by molar-refractivity contribution is 5.67. The van der Waals surface area contributed by atoms with Crippen molar-refractivity contribution >= 4 is 6.09 Å². The lowest BCUT2D eigenvalue weighted by molar-refractivity contribution is -0.0204. The zero-order valence-corrected chi connectivity index (χ0v) is 12.9. The summed E-state index contributed by atoms with van der Waals surface area (Å²) in [5.41, 5.74) is 6.70. The number of fused-ring (bicyclic) bond motifs is 1. The topological polar surface area (TPSA) is 86.9 Å². The maximum atomic E-state index is 11.6. The highest BCUT2D eigenvalue weighted by Crippen LogP contribution is 2.43. The number of carbonyl (C=O) groups is 1. The number of hydrogen-bond donors (Lipinski definition) is 1. The summed E-state index contributed by atoms with van der Waals surface area (Å²) in [6.45, 7) is 1.22. The monoisotopic (exact) mass is 307 g/mol. The molecule has 0 saturated carbocycles. The third kappa shape index (κ3) is 2.56. The molecule has 1 saturated heterocycles. The second-order valence-electron chi connectivity index (χ2n) is 5.79. The fourth-order valence-corrected chi connectivity index (χ4v) is 3.21. The third-order valence-corrected chi connectivity index (χ3v) is 4.45. The Morgan fingerprint density at radius 3 is 2.77 bits per heavy atom. The van der Waals surface area contributed by atoms with Gasteiger partial charge in [-0.1, -0.05) is 0 Å². The van der Waals surface area contributed by atoms with Crippen molar-refractivity contribution in [2.24, 2.45) is 5.73 Å². The van der Waals surface area contributed by atoms with Crippen molar-refractivity contribution in [1.29, 1.82) is 0 Å². The summed E-state index contributed by atoms with van der Waals surface area (Å²) in [6, 6.07) is 3.44. The van der Waals surface area contributed by atoms with E-state index in [1.54, 1.807) is 18.1 Å². The molecular weight excluding hydrogens is 286 g/mol. The standard InChI is InChI=1S/C15H21N3O4/c1-20-12-4-3-11-13(17-12)10(16)9-15(22-11)5-7-18(8-6-15)14(19)21-2/h3-4,10H,5-9,16H2,1-2H3/t10-/m0/s1. The molecule has 1 amide bonds. The number of hydrogen-bond acceptors (Lipinski definition) is 6. The Morgan fingerprint density at radius 2 is 2.14 bits per heavy atom. The highest BCUT2D eigenvalue weighted by atomic mass is 16.5. The first-order valence-electron chi connectivity index (χ1n) is 7.39. The Hall–Kier alpha value is -2.02. The van der Waals surface area contributed by atoms with Gasteiger partial charge in [0.2, 0.25) is 5.88 Å². The van der Waals surface area contributed by atoms with E-state index in [0.717, 1.165) is 18.5 Å². The minimum absolute atomic E-state index is 0.191. The highest BCUT2D eigenvalue weighted by Gasteiger charge is 2.43. The maximum absolute atomic E-state index is 11.6. The van der Waals surface area contributed by atoms with Crippen LogP contribution in [0, 0.1) is 0 Å². The lowest BCUT2D eigenvalue weighted by Crippen LogP contribution is -2.52. The average Bonchev–Trinajstić information content (AvgIpc) is 2.54. The SMILES string of the molecule is COC(=O)N1CCC2(CC1)C[C@H](N)c1nc(OC)ccc1O2. The van der Waals surface area contributed by atoms with Gasteiger partial charge in [-0.2, -0.15) is 0 Å². The molecular formula is C15H21N3O4. The lowest BCUT2D eigenvalue weighted by Gasteiger charge is -2.45. The van der Waals surface area contributed by atoms with E-state index in [-0.39, 0.29) is 17.7 Å². The van der Waals surface area contributed by atoms with Gasteiger partial charge in [0.1, 0.15) is 17.0 Å². The Morgan fingerprint density at radius 1 is 1.41 bits per heavy atom. The molecule has 0 aliphatic carbocycles. The van der Waals surface area contributed by atoms with Crippen LogP contribution in [-0.4, -0.2) is 48.9 Å². The lowest BCUT2D eigenvalue weighted by atomic mass is 9.82. The van der Waals surface area contributed by atoms with Gasteiger partial charge in [-0.25, -0.2) is 9.78 Å². The molecule has 0 bridgehead atoms. The van der Waals surface area contributed by atoms with Crippen molar-refractivity contribution in [3.8, 4) is 11.6 Å². The van der Waals surface area contributed by atoms with Crippen molar-refractivity contribution in [2.45, 2.75) is 30.9 Å². The molecule has 3 rings (SSSR count). The van der Waals surface area contributed by atoms with Gasteiger partial charge in [0.15, 0.2) is 0 Å². The zero-order valence-electron chi connectivity index (χ0n) is 12.9. The van der Waals surface area contributed by atoms with E-state index >= 15 is 0 Å². The van der Waals surface area contributed by atoms with E-state index in [0.29, 0.717) is 31.1 Å². The molecule has 3 heterocycles. The van der Waals surface area contributed by atoms with Crippen molar-refractivity contribution in [2.75, 3.05) is 27.3 Å². The molecule has 1 spiro atoms. The second kappa shape index (κ2) is 5.64. The van der Waals surface area contributed by atoms with E-state index < -0.39 is 0 Å². The van der Waals surface area contributed by atoms with Crippen molar-refractivity contribution in [1.82, 2.24) is 9.88 Å². The fourth-order valence-electron chi connectivity index (χ4n) is 3.21. The van der Waals surface area contributed by atoms with Gasteiger partial charge in [0.25, 0.3) is 0 Å². The maximum Gasteiger partial charge on any atom is 0.409 e. The number of carbonyl (C=O) groups excluding carboxylic acids is 1. The molecule has 1 aromatic rings. The minimum Gasteiger partial charge on any atom is -0.485 e. The molecule has 120 valence electrons. The number of methoxy groups -OCH3 is 2. The Labute approximate surface area is 129 Å². The normalized spacial score (nSPS) is 22.7. The van der Waals surface area contributed by atoms with Gasteiger partial charge >= 0.3 is 6.09 Å². The second-order valence-corrected chi connectivity index (χ2v) is 5.79. The van der Waals surface area contributed by atoms with Gasteiger partial charge in [0.05, 0.1) is 20.3 Å². The molecule has 1 fully saturated rings. The summed E-state index contributed by atoms with van der Waals surface area (Å²) in [4.78, 5) is 17.7. The average molecular weight is 307 g/mol. The molecule has 22 heavy (non-hydrogen) atoms. The van der Waals surface area contributed by atoms with Crippen LogP contribution in [0.15, 0.2) is 12.1 Å². The molecule has 2 aliphatic heterocycles. The molecule has 1 atom stereocenters. The number of aromatic nitrogens is 1. The summed E-state index contributed by atoms with van der Waals surface area (Å²) >= 11 is 0. The first kappa shape index (κ1) is 14.9. The smallest absolute Gasteiger partial charge is 0.409 e. The van der Waals surface area contributed by atoms with E-state index in [4.69, 9.17) is 19.9 Å². The van der Waals surface area contributed by atoms with Crippen LogP contribution in [0.4, 0.5) is 4.79 Å². The number of piperidine rings is 1. The zero-order chi connectivity index (χ0) is 15.7. The number of rotatable bonds is 1. The fraction of sp³-hybridized carbons (Fsp3) is 0.600. The largest absolute Gasteiger partial charge is 0.485 e. The summed E-state index contributed by atoms with van der Waals surface area (Å²) < 4.78 is 16.1. The van der Waals surface area contributed by atoms with Gasteiger partial charge in [-0.3, -0.25) is 0 Å². The van der Waals surface area contributed by atoms with Crippen LogP contribution >= 0.6 is 0 Å². The van der Waals surface area contributed by atoms with Crippen LogP contribution in [0.5, 0.6) is 11.6 Å². The predicted molar refractivity (Wildman–Crippen MR) is 78.9 cm³/mol. The van der Waals surface area contributed by atoms with Gasteiger partial charge in [0, 0.05) is 38.4 Å². The molecule has 0 aromatic carbocycles. The summed E-state index contributed by atoms with van der Waals surface area (Å²) in [5, 5.41) is 0. The number of nitrogens with zero attached hydrogens (tertiary/aromatic N) is 2. The van der Waals surface area contributed by atoms with Crippen molar-refractivity contribution in [3.63, 3.8) is 0 Å². The van der Waals surface area contributed by atoms with Crippen molar-refractivity contribution in [3.05, 3.63) is 17.8 Å². The van der Waals surface area contributed by atoms with Crippen LogP contribution in [0.25, 0.3) is 0 Å². The quantitative estimate of drug-likeness (QED) is 0.845. The van der Waals surface area contributed by atoms with Gasteiger partial charge < -0.3 is 24.8 Å². The molecule has 2 N–H and O–H groups in total. The molecule has 7 nitrogen and oxygen atoms in total. The van der Waals surface area contributed by atoms with E-state index in [1.807, 2.05) is 6.07 Å². The Kier molecular flexibility index (Phi) is 3.82. The molecule has 1 aromatic heterocycles. The molecule has 0 unspecified atom stereocenters. The predicted octanol–water partition coefficient (Wildman–Crippen LogP) is 1.47. The summed E-state index contributed by atoms with van der Waals surface area (Å²) in [5.74, 6) is 1.25. The van der Waals surface area contributed by atoms with Gasteiger partial charge in [-0.05, 0) is 6.07 Å². The first-order chi connectivity index (χ1) is 10.6. The van der Waals surface area contributed by atoms with E-state index in [1.165, 1.54) is 7.11 Å². The molecule has 7 heteroatoms. The summed E-state index contributed by atoms with van der Waals surface area (Å²) in [7, 11) is 2.98. The van der Waals surface area contributed by atoms with E-state index in [2.05, 4.69) is 4.98 Å². The first-order valence-corrected chi connectivity index (χ1v) is 7.39. The Bertz CT molecular complexity index is 570. The number of pyridine rings is 1. The van der Waals surface area contributed by atoms with E-state index in [9.17, 15) is 4.79 Å². The van der Waals surface area contributed by atoms with Crippen LogP contribution < -0.4 is 15.2 Å². The van der Waals surface area contributed by atoms with Crippen LogP contribution in [0.2, 0.25) is 0 Å². The van der Waals surface area contributed by atoms with Crippen LogP contribution in [0.3, 0.4) is 0 Å². The number of nitrogens with two attached hydrogens (primary N) is 1. The molecule has 2 aliphatic rings. The Balaban J connectivity index is 1.77.